The maximum Gasteiger partial charge on any atom is 0.146 e. The number of hydrogen-bond donors (Lipinski definition) is 0. The fraction of sp³-hybridized carbons (Fsp3) is 0.556. The van der Waals surface area contributed by atoms with Crippen LogP contribution in [0.1, 0.15) is 6.42 Å². The van der Waals surface area contributed by atoms with Crippen molar-refractivity contribution in [1.82, 2.24) is 4.90 Å². The molecule has 0 unspecified atom stereocenters. The topological polar surface area (TPSA) is 29.5 Å². The zero-order chi connectivity index (χ0) is 8.81. The molecule has 1 radical (unpaired) electrons. The summed E-state index contributed by atoms with van der Waals surface area (Å²) >= 11 is 0. The maximum atomic E-state index is 10.4. The molecule has 1 aliphatic heterocycles. The van der Waals surface area contributed by atoms with Gasteiger partial charge in [-0.1, -0.05) is 5.92 Å². The zero-order valence-corrected chi connectivity index (χ0v) is 6.80. The van der Waals surface area contributed by atoms with Crippen LogP contribution < -0.4 is 0 Å². The second kappa shape index (κ2) is 4.61. The summed E-state index contributed by atoms with van der Waals surface area (Å²) in [7, 11) is 0. The molecule has 0 spiro atoms. The molecule has 63 valence electrons. The van der Waals surface area contributed by atoms with Crippen LogP contribution in [0.4, 0.5) is 0 Å². The van der Waals surface area contributed by atoms with E-state index in [2.05, 4.69) is 5.92 Å². The minimum atomic E-state index is 0.253. The summed E-state index contributed by atoms with van der Waals surface area (Å²) < 4.78 is 5.12. The summed E-state index contributed by atoms with van der Waals surface area (Å²) in [4.78, 5) is 12.3. The van der Waals surface area contributed by atoms with Gasteiger partial charge in [-0.2, -0.15) is 0 Å². The van der Waals surface area contributed by atoms with Gasteiger partial charge in [-0.25, -0.2) is 4.79 Å². The second-order valence-corrected chi connectivity index (χ2v) is 2.50. The number of ether oxygens (including phenoxy) is 1. The van der Waals surface area contributed by atoms with Gasteiger partial charge in [-0.05, 0) is 6.42 Å². The molecule has 1 heterocycles. The van der Waals surface area contributed by atoms with E-state index in [0.717, 1.165) is 0 Å². The lowest BCUT2D eigenvalue weighted by molar-refractivity contribution is 0.0536. The Kier molecular flexibility index (Phi) is 3.40. The van der Waals surface area contributed by atoms with E-state index < -0.39 is 0 Å². The Morgan fingerprint density at radius 1 is 1.50 bits per heavy atom. The summed E-state index contributed by atoms with van der Waals surface area (Å²) in [5, 5.41) is 0. The van der Waals surface area contributed by atoms with E-state index in [1.807, 2.05) is 10.8 Å². The van der Waals surface area contributed by atoms with Crippen molar-refractivity contribution in [1.29, 1.82) is 0 Å². The molecule has 0 aliphatic carbocycles. The van der Waals surface area contributed by atoms with E-state index in [-0.39, 0.29) is 6.42 Å². The Balaban J connectivity index is 2.54. The third-order valence-electron chi connectivity index (χ3n) is 1.77. The van der Waals surface area contributed by atoms with Gasteiger partial charge in [0.05, 0.1) is 19.6 Å². The number of allylic oxidation sites excluding steroid dienone is 1. The van der Waals surface area contributed by atoms with Gasteiger partial charge < -0.3 is 9.64 Å². The molecular formula is C9H10NO2. The highest BCUT2D eigenvalue weighted by atomic mass is 16.5. The van der Waals surface area contributed by atoms with Crippen LogP contribution >= 0.6 is 0 Å². The minimum Gasteiger partial charge on any atom is -0.378 e. The molecule has 0 aromatic rings. The first-order chi connectivity index (χ1) is 5.88. The third kappa shape index (κ3) is 2.13. The molecule has 0 bridgehead atoms. The Morgan fingerprint density at radius 2 is 2.17 bits per heavy atom. The Hall–Kier alpha value is -1.23. The van der Waals surface area contributed by atoms with E-state index in [1.54, 1.807) is 0 Å². The molecule has 0 amide bonds. The Morgan fingerprint density at radius 3 is 2.67 bits per heavy atom. The number of rotatable bonds is 2. The summed E-state index contributed by atoms with van der Waals surface area (Å²) in [5.41, 5.74) is 0.508. The first-order valence-electron chi connectivity index (χ1n) is 3.84. The van der Waals surface area contributed by atoms with Crippen molar-refractivity contribution in [2.45, 2.75) is 6.42 Å². The number of carbonyl (C=O) groups excluding carboxylic acids is 1. The highest BCUT2D eigenvalue weighted by Gasteiger charge is 2.13. The SMILES string of the molecule is [C]#CCC(=C=O)N1CCOCC1. The van der Waals surface area contributed by atoms with Crippen molar-refractivity contribution in [3.05, 3.63) is 12.1 Å². The highest BCUT2D eigenvalue weighted by molar-refractivity contribution is 5.52. The molecule has 0 atom stereocenters. The molecule has 1 aliphatic rings. The summed E-state index contributed by atoms with van der Waals surface area (Å²) in [6, 6.07) is 0. The van der Waals surface area contributed by atoms with Crippen LogP contribution in [0.3, 0.4) is 0 Å². The van der Waals surface area contributed by atoms with Gasteiger partial charge in [-0.15, -0.1) is 0 Å². The molecule has 1 rings (SSSR count). The molecule has 3 heteroatoms. The minimum absolute atomic E-state index is 0.253. The fourth-order valence-corrected chi connectivity index (χ4v) is 1.13. The molecule has 3 nitrogen and oxygen atoms in total. The Bertz CT molecular complexity index is 229. The standard InChI is InChI=1S/C9H10NO2/c1-2-3-9(8-11)10-4-6-12-7-5-10/h3-7H2. The van der Waals surface area contributed by atoms with Crippen molar-refractivity contribution in [3.8, 4) is 5.92 Å². The number of morpholine rings is 1. The zero-order valence-electron chi connectivity index (χ0n) is 6.80. The van der Waals surface area contributed by atoms with Crippen molar-refractivity contribution >= 4 is 5.94 Å². The first kappa shape index (κ1) is 8.86. The monoisotopic (exact) mass is 164 g/mol. The van der Waals surface area contributed by atoms with Crippen LogP contribution in [0.25, 0.3) is 0 Å². The van der Waals surface area contributed by atoms with Gasteiger partial charge in [0.15, 0.2) is 0 Å². The molecule has 1 fully saturated rings. The Labute approximate surface area is 72.0 Å². The van der Waals surface area contributed by atoms with Crippen molar-refractivity contribution in [3.63, 3.8) is 0 Å². The lowest BCUT2D eigenvalue weighted by Crippen LogP contribution is -2.35. The molecule has 0 aromatic carbocycles. The summed E-state index contributed by atoms with van der Waals surface area (Å²) in [6.45, 7) is 2.71. The predicted octanol–water partition coefficient (Wildman–Crippen LogP) is 0.0140. The first-order valence-corrected chi connectivity index (χ1v) is 3.84. The van der Waals surface area contributed by atoms with E-state index in [1.165, 1.54) is 0 Å². The van der Waals surface area contributed by atoms with Crippen LogP contribution in [0.2, 0.25) is 0 Å². The second-order valence-electron chi connectivity index (χ2n) is 2.50. The van der Waals surface area contributed by atoms with Crippen LogP contribution in [0, 0.1) is 12.3 Å². The summed E-state index contributed by atoms with van der Waals surface area (Å²) in [5.74, 6) is 4.01. The van der Waals surface area contributed by atoms with Crippen LogP contribution in [0.5, 0.6) is 0 Å². The van der Waals surface area contributed by atoms with Crippen LogP contribution in [0.15, 0.2) is 5.70 Å². The summed E-state index contributed by atoms with van der Waals surface area (Å²) in [6.07, 6.45) is 7.00. The van der Waals surface area contributed by atoms with Gasteiger partial charge >= 0.3 is 0 Å². The molecule has 0 saturated carbocycles. The lowest BCUT2D eigenvalue weighted by Gasteiger charge is -2.28. The van der Waals surface area contributed by atoms with Gasteiger partial charge in [0, 0.05) is 13.1 Å². The smallest absolute Gasteiger partial charge is 0.146 e. The number of hydrogen-bond acceptors (Lipinski definition) is 3. The normalized spacial score (nSPS) is 16.4. The molecule has 12 heavy (non-hydrogen) atoms. The maximum absolute atomic E-state index is 10.4. The average molecular weight is 164 g/mol. The third-order valence-corrected chi connectivity index (χ3v) is 1.77. The quantitative estimate of drug-likeness (QED) is 0.425. The van der Waals surface area contributed by atoms with Crippen molar-refractivity contribution < 1.29 is 9.53 Å². The van der Waals surface area contributed by atoms with E-state index in [4.69, 9.17) is 11.2 Å². The molecule has 0 N–H and O–H groups in total. The molecule has 1 saturated heterocycles. The van der Waals surface area contributed by atoms with Gasteiger partial charge in [0.25, 0.3) is 0 Å². The van der Waals surface area contributed by atoms with E-state index in [9.17, 15) is 4.79 Å². The number of nitrogens with zero attached hydrogens (tertiary/aromatic N) is 1. The van der Waals surface area contributed by atoms with Crippen molar-refractivity contribution in [2.75, 3.05) is 26.3 Å². The molecular weight excluding hydrogens is 154 g/mol. The van der Waals surface area contributed by atoms with Gasteiger partial charge in [-0.3, -0.25) is 0 Å². The predicted molar refractivity (Wildman–Crippen MR) is 43.3 cm³/mol. The molecule has 0 aromatic heterocycles. The van der Waals surface area contributed by atoms with E-state index in [0.29, 0.717) is 32.0 Å². The lowest BCUT2D eigenvalue weighted by atomic mass is 10.3. The average Bonchev–Trinajstić information content (AvgIpc) is 2.15. The van der Waals surface area contributed by atoms with Gasteiger partial charge in [0.2, 0.25) is 0 Å². The van der Waals surface area contributed by atoms with E-state index >= 15 is 0 Å². The largest absolute Gasteiger partial charge is 0.378 e. The highest BCUT2D eigenvalue weighted by Crippen LogP contribution is 2.07. The van der Waals surface area contributed by atoms with Gasteiger partial charge in [0.1, 0.15) is 11.6 Å². The van der Waals surface area contributed by atoms with Crippen molar-refractivity contribution in [2.24, 2.45) is 0 Å². The van der Waals surface area contributed by atoms with Crippen LogP contribution in [-0.4, -0.2) is 37.1 Å². The van der Waals surface area contributed by atoms with Crippen LogP contribution in [-0.2, 0) is 9.53 Å². The fourth-order valence-electron chi connectivity index (χ4n) is 1.13.